The highest BCUT2D eigenvalue weighted by atomic mass is 32.2. The van der Waals surface area contributed by atoms with Crippen LogP contribution < -0.4 is 5.32 Å². The summed E-state index contributed by atoms with van der Waals surface area (Å²) < 4.78 is 0. The molecular formula is C16H22N2OS. The van der Waals surface area contributed by atoms with E-state index < -0.39 is 0 Å². The molecule has 0 spiro atoms. The summed E-state index contributed by atoms with van der Waals surface area (Å²) >= 11 is 1.83. The Morgan fingerprint density at radius 1 is 1.40 bits per heavy atom. The first-order valence-corrected chi connectivity index (χ1v) is 8.34. The maximum absolute atomic E-state index is 11.8. The Morgan fingerprint density at radius 3 is 3.00 bits per heavy atom. The standard InChI is InChI=1S/C16H22N2OS/c1-12(20-2)9-10-17-16(19)8-7-13-11-18-15-6-4-3-5-14(13)15/h3-6,11-12,18H,7-10H2,1-2H3,(H,17,19). The SMILES string of the molecule is CSC(C)CCNC(=O)CCc1c[nH]c2ccccc12. The Kier molecular flexibility index (Phi) is 5.53. The second kappa shape index (κ2) is 7.39. The molecule has 0 aliphatic rings. The molecule has 0 radical (unpaired) electrons. The van der Waals surface area contributed by atoms with E-state index in [0.29, 0.717) is 11.7 Å². The predicted octanol–water partition coefficient (Wildman–Crippen LogP) is 3.36. The van der Waals surface area contributed by atoms with E-state index in [1.165, 1.54) is 10.9 Å². The van der Waals surface area contributed by atoms with Crippen LogP contribution in [0.3, 0.4) is 0 Å². The summed E-state index contributed by atoms with van der Waals surface area (Å²) in [7, 11) is 0. The molecule has 0 fully saturated rings. The fourth-order valence-electron chi connectivity index (χ4n) is 2.21. The third-order valence-electron chi connectivity index (χ3n) is 3.57. The van der Waals surface area contributed by atoms with Crippen molar-refractivity contribution in [3.05, 3.63) is 36.0 Å². The smallest absolute Gasteiger partial charge is 0.220 e. The zero-order valence-corrected chi connectivity index (χ0v) is 12.9. The van der Waals surface area contributed by atoms with Gasteiger partial charge in [0, 0.05) is 35.3 Å². The van der Waals surface area contributed by atoms with Gasteiger partial charge in [0.1, 0.15) is 0 Å². The van der Waals surface area contributed by atoms with Gasteiger partial charge < -0.3 is 10.3 Å². The number of thioether (sulfide) groups is 1. The number of hydrogen-bond donors (Lipinski definition) is 2. The highest BCUT2D eigenvalue weighted by molar-refractivity contribution is 7.99. The van der Waals surface area contributed by atoms with Crippen LogP contribution in [0.2, 0.25) is 0 Å². The molecule has 0 aliphatic carbocycles. The van der Waals surface area contributed by atoms with Crippen molar-refractivity contribution in [2.75, 3.05) is 12.8 Å². The summed E-state index contributed by atoms with van der Waals surface area (Å²) in [5.74, 6) is 0.142. The van der Waals surface area contributed by atoms with Gasteiger partial charge in [-0.2, -0.15) is 11.8 Å². The van der Waals surface area contributed by atoms with Gasteiger partial charge >= 0.3 is 0 Å². The van der Waals surface area contributed by atoms with Gasteiger partial charge in [-0.05, 0) is 30.7 Å². The number of aryl methyl sites for hydroxylation is 1. The summed E-state index contributed by atoms with van der Waals surface area (Å²) in [6, 6.07) is 8.20. The van der Waals surface area contributed by atoms with Crippen molar-refractivity contribution in [3.8, 4) is 0 Å². The summed E-state index contributed by atoms with van der Waals surface area (Å²) in [5.41, 5.74) is 2.35. The predicted molar refractivity (Wildman–Crippen MR) is 87.2 cm³/mol. The Balaban J connectivity index is 1.79. The molecule has 2 N–H and O–H groups in total. The van der Waals surface area contributed by atoms with Crippen molar-refractivity contribution in [1.29, 1.82) is 0 Å². The van der Waals surface area contributed by atoms with E-state index >= 15 is 0 Å². The molecule has 4 heteroatoms. The molecule has 1 amide bonds. The van der Waals surface area contributed by atoms with Gasteiger partial charge in [-0.15, -0.1) is 0 Å². The van der Waals surface area contributed by atoms with Gasteiger partial charge in [0.25, 0.3) is 0 Å². The molecule has 2 rings (SSSR count). The minimum absolute atomic E-state index is 0.142. The maximum atomic E-state index is 11.8. The van der Waals surface area contributed by atoms with E-state index in [-0.39, 0.29) is 5.91 Å². The number of fused-ring (bicyclic) bond motifs is 1. The van der Waals surface area contributed by atoms with Crippen LogP contribution in [-0.2, 0) is 11.2 Å². The van der Waals surface area contributed by atoms with E-state index in [9.17, 15) is 4.79 Å². The van der Waals surface area contributed by atoms with Crippen LogP contribution in [-0.4, -0.2) is 28.9 Å². The number of amides is 1. The molecular weight excluding hydrogens is 268 g/mol. The first-order valence-electron chi connectivity index (χ1n) is 7.05. The summed E-state index contributed by atoms with van der Waals surface area (Å²) in [4.78, 5) is 15.1. The maximum Gasteiger partial charge on any atom is 0.220 e. The fraction of sp³-hybridized carbons (Fsp3) is 0.438. The quantitative estimate of drug-likeness (QED) is 0.821. The average molecular weight is 290 g/mol. The summed E-state index contributed by atoms with van der Waals surface area (Å²) in [6.07, 6.45) is 6.47. The highest BCUT2D eigenvalue weighted by Crippen LogP contribution is 2.18. The number of carbonyl (C=O) groups is 1. The van der Waals surface area contributed by atoms with Crippen molar-refractivity contribution < 1.29 is 4.79 Å². The molecule has 3 nitrogen and oxygen atoms in total. The number of rotatable bonds is 7. The van der Waals surface area contributed by atoms with Gasteiger partial charge in [0.05, 0.1) is 0 Å². The van der Waals surface area contributed by atoms with E-state index in [4.69, 9.17) is 0 Å². The zero-order chi connectivity index (χ0) is 14.4. The number of aromatic amines is 1. The highest BCUT2D eigenvalue weighted by Gasteiger charge is 2.07. The number of nitrogens with one attached hydrogen (secondary N) is 2. The number of H-pyrrole nitrogens is 1. The minimum Gasteiger partial charge on any atom is -0.361 e. The van der Waals surface area contributed by atoms with Crippen molar-refractivity contribution in [2.24, 2.45) is 0 Å². The lowest BCUT2D eigenvalue weighted by molar-refractivity contribution is -0.121. The largest absolute Gasteiger partial charge is 0.361 e. The Morgan fingerprint density at radius 2 is 2.20 bits per heavy atom. The van der Waals surface area contributed by atoms with Gasteiger partial charge in [0.2, 0.25) is 5.91 Å². The molecule has 0 saturated heterocycles. The average Bonchev–Trinajstić information content (AvgIpc) is 2.88. The molecule has 1 heterocycles. The summed E-state index contributed by atoms with van der Waals surface area (Å²) in [5, 5.41) is 4.82. The van der Waals surface area contributed by atoms with Gasteiger partial charge in [-0.25, -0.2) is 0 Å². The van der Waals surface area contributed by atoms with Crippen molar-refractivity contribution in [2.45, 2.75) is 31.4 Å². The van der Waals surface area contributed by atoms with Crippen molar-refractivity contribution in [3.63, 3.8) is 0 Å². The van der Waals surface area contributed by atoms with Gasteiger partial charge in [-0.3, -0.25) is 4.79 Å². The van der Waals surface area contributed by atoms with E-state index in [1.807, 2.05) is 30.1 Å². The van der Waals surface area contributed by atoms with Crippen LogP contribution in [0.1, 0.15) is 25.3 Å². The molecule has 20 heavy (non-hydrogen) atoms. The topological polar surface area (TPSA) is 44.9 Å². The molecule has 0 aliphatic heterocycles. The normalized spacial score (nSPS) is 12.5. The van der Waals surface area contributed by atoms with Crippen LogP contribution in [0.5, 0.6) is 0 Å². The fourth-order valence-corrected chi connectivity index (χ4v) is 2.56. The molecule has 1 atom stereocenters. The van der Waals surface area contributed by atoms with Gasteiger partial charge in [-0.1, -0.05) is 25.1 Å². The first kappa shape index (κ1) is 15.0. The van der Waals surface area contributed by atoms with Crippen molar-refractivity contribution in [1.82, 2.24) is 10.3 Å². The first-order chi connectivity index (χ1) is 9.70. The van der Waals surface area contributed by atoms with E-state index in [1.54, 1.807) is 0 Å². The van der Waals surface area contributed by atoms with Crippen LogP contribution in [0, 0.1) is 0 Å². The minimum atomic E-state index is 0.142. The van der Waals surface area contributed by atoms with Gasteiger partial charge in [0.15, 0.2) is 0 Å². The molecule has 0 bridgehead atoms. The van der Waals surface area contributed by atoms with E-state index in [0.717, 1.165) is 24.9 Å². The van der Waals surface area contributed by atoms with Crippen LogP contribution in [0.15, 0.2) is 30.5 Å². The molecule has 108 valence electrons. The van der Waals surface area contributed by atoms with Crippen LogP contribution in [0.4, 0.5) is 0 Å². The third-order valence-corrected chi connectivity index (χ3v) is 4.61. The van der Waals surface area contributed by atoms with Crippen LogP contribution in [0.25, 0.3) is 10.9 Å². The lowest BCUT2D eigenvalue weighted by atomic mass is 10.1. The van der Waals surface area contributed by atoms with Crippen LogP contribution >= 0.6 is 11.8 Å². The second-order valence-electron chi connectivity index (χ2n) is 5.04. The second-order valence-corrected chi connectivity index (χ2v) is 6.32. The number of para-hydroxylation sites is 1. The number of benzene rings is 1. The number of aromatic nitrogens is 1. The Bertz CT molecular complexity index is 564. The Labute approximate surface area is 124 Å². The molecule has 0 saturated carbocycles. The summed E-state index contributed by atoms with van der Waals surface area (Å²) in [6.45, 7) is 2.96. The molecule has 1 aromatic heterocycles. The lowest BCUT2D eigenvalue weighted by Crippen LogP contribution is -2.26. The monoisotopic (exact) mass is 290 g/mol. The number of hydrogen-bond acceptors (Lipinski definition) is 2. The lowest BCUT2D eigenvalue weighted by Gasteiger charge is -2.09. The number of carbonyl (C=O) groups excluding carboxylic acids is 1. The molecule has 1 unspecified atom stereocenters. The molecule has 2 aromatic rings. The van der Waals surface area contributed by atoms with Crippen molar-refractivity contribution >= 4 is 28.6 Å². The third kappa shape index (κ3) is 4.04. The zero-order valence-electron chi connectivity index (χ0n) is 12.1. The van der Waals surface area contributed by atoms with E-state index in [2.05, 4.69) is 35.6 Å². The Hall–Kier alpha value is -1.42. The molecule has 1 aromatic carbocycles.